The number of terminal acetylenes is 1. The Kier molecular flexibility index (Phi) is 8.30. The molecule has 1 aliphatic heterocycles. The Labute approximate surface area is 218 Å². The summed E-state index contributed by atoms with van der Waals surface area (Å²) in [6.07, 6.45) is 7.16. The molecule has 3 aromatic carbocycles. The number of carbonyl (C=O) groups excluding carboxylic acids is 1. The van der Waals surface area contributed by atoms with E-state index in [0.29, 0.717) is 39.1 Å². The van der Waals surface area contributed by atoms with Crippen molar-refractivity contribution in [2.75, 3.05) is 13.7 Å². The van der Waals surface area contributed by atoms with Gasteiger partial charge in [-0.25, -0.2) is 0 Å². The van der Waals surface area contributed by atoms with Crippen LogP contribution in [0, 0.1) is 12.3 Å². The van der Waals surface area contributed by atoms with Crippen molar-refractivity contribution in [3.05, 3.63) is 98.9 Å². The predicted octanol–water partition coefficient (Wildman–Crippen LogP) is 6.14. The van der Waals surface area contributed by atoms with Crippen LogP contribution >= 0.6 is 27.7 Å². The van der Waals surface area contributed by atoms with Crippen molar-refractivity contribution < 1.29 is 14.3 Å². The van der Waals surface area contributed by atoms with E-state index in [-0.39, 0.29) is 12.5 Å². The SMILES string of the molecule is C#CCOc1c(Br)cc(/C=C2/SC(=NCc3ccccc3)N(Cc3ccccc3)C2=O)cc1OC. The molecule has 1 aliphatic rings. The first-order valence-electron chi connectivity index (χ1n) is 10.9. The number of aliphatic imine (C=N–C) groups is 1. The highest BCUT2D eigenvalue weighted by Gasteiger charge is 2.33. The van der Waals surface area contributed by atoms with Crippen molar-refractivity contribution >= 4 is 44.8 Å². The molecule has 0 unspecified atom stereocenters. The van der Waals surface area contributed by atoms with E-state index in [1.165, 1.54) is 11.8 Å². The lowest BCUT2D eigenvalue weighted by Crippen LogP contribution is -2.28. The minimum Gasteiger partial charge on any atom is -0.493 e. The number of nitrogens with zero attached hydrogens (tertiary/aromatic N) is 2. The van der Waals surface area contributed by atoms with Crippen molar-refractivity contribution in [3.63, 3.8) is 0 Å². The molecule has 1 fully saturated rings. The zero-order valence-electron chi connectivity index (χ0n) is 19.1. The topological polar surface area (TPSA) is 51.1 Å². The lowest BCUT2D eigenvalue weighted by atomic mass is 10.1. The standard InChI is InChI=1S/C28H23BrN2O3S/c1-3-14-34-26-23(29)15-22(16-24(26)33-2)17-25-27(32)31(19-21-12-8-5-9-13-21)28(35-25)30-18-20-10-6-4-7-11-20/h1,4-13,15-17H,14,18-19H2,2H3/b25-17+,30-28?. The highest BCUT2D eigenvalue weighted by molar-refractivity contribution is 9.10. The molecule has 3 aromatic rings. The van der Waals surface area contributed by atoms with Gasteiger partial charge in [-0.3, -0.25) is 14.7 Å². The second-order valence-electron chi connectivity index (χ2n) is 7.60. The van der Waals surface area contributed by atoms with Gasteiger partial charge in [-0.1, -0.05) is 66.6 Å². The van der Waals surface area contributed by atoms with Gasteiger partial charge in [-0.05, 0) is 62.6 Å². The molecular weight excluding hydrogens is 524 g/mol. The van der Waals surface area contributed by atoms with E-state index in [1.807, 2.05) is 78.9 Å². The predicted molar refractivity (Wildman–Crippen MR) is 145 cm³/mol. The minimum absolute atomic E-state index is 0.0894. The first kappa shape index (κ1) is 24.6. The molecule has 176 valence electrons. The highest BCUT2D eigenvalue weighted by atomic mass is 79.9. The summed E-state index contributed by atoms with van der Waals surface area (Å²) in [6, 6.07) is 23.6. The van der Waals surface area contributed by atoms with Crippen LogP contribution in [0.4, 0.5) is 0 Å². The molecule has 0 spiro atoms. The Morgan fingerprint density at radius 2 is 1.77 bits per heavy atom. The lowest BCUT2D eigenvalue weighted by molar-refractivity contribution is -0.122. The molecule has 4 rings (SSSR count). The van der Waals surface area contributed by atoms with Crippen molar-refractivity contribution in [2.24, 2.45) is 4.99 Å². The van der Waals surface area contributed by atoms with Crippen molar-refractivity contribution in [1.82, 2.24) is 4.90 Å². The maximum absolute atomic E-state index is 13.4. The maximum atomic E-state index is 13.4. The van der Waals surface area contributed by atoms with Gasteiger partial charge in [0.2, 0.25) is 0 Å². The van der Waals surface area contributed by atoms with Crippen LogP contribution in [0.3, 0.4) is 0 Å². The fraction of sp³-hybridized carbons (Fsp3) is 0.143. The number of thioether (sulfide) groups is 1. The van der Waals surface area contributed by atoms with Gasteiger partial charge in [-0.2, -0.15) is 0 Å². The first-order chi connectivity index (χ1) is 17.1. The van der Waals surface area contributed by atoms with Crippen LogP contribution in [0.25, 0.3) is 6.08 Å². The minimum atomic E-state index is -0.0894. The van der Waals surface area contributed by atoms with Gasteiger partial charge >= 0.3 is 0 Å². The molecule has 0 bridgehead atoms. The summed E-state index contributed by atoms with van der Waals surface area (Å²) in [5.74, 6) is 3.41. The summed E-state index contributed by atoms with van der Waals surface area (Å²) < 4.78 is 11.8. The number of hydrogen-bond acceptors (Lipinski definition) is 5. The second-order valence-corrected chi connectivity index (χ2v) is 9.46. The van der Waals surface area contributed by atoms with Crippen LogP contribution in [0.2, 0.25) is 0 Å². The van der Waals surface area contributed by atoms with Crippen LogP contribution < -0.4 is 9.47 Å². The van der Waals surface area contributed by atoms with Crippen molar-refractivity contribution in [3.8, 4) is 23.8 Å². The summed E-state index contributed by atoms with van der Waals surface area (Å²) in [5.41, 5.74) is 2.91. The van der Waals surface area contributed by atoms with E-state index in [4.69, 9.17) is 20.9 Å². The number of amides is 1. The number of amidine groups is 1. The Balaban J connectivity index is 1.65. The fourth-order valence-corrected chi connectivity index (χ4v) is 5.05. The van der Waals surface area contributed by atoms with Gasteiger partial charge in [0.1, 0.15) is 6.61 Å². The van der Waals surface area contributed by atoms with Gasteiger partial charge in [0.15, 0.2) is 16.7 Å². The molecule has 0 atom stereocenters. The average molecular weight is 547 g/mol. The molecule has 7 heteroatoms. The van der Waals surface area contributed by atoms with Crippen LogP contribution in [0.15, 0.2) is 87.2 Å². The Hall–Kier alpha value is -3.47. The highest BCUT2D eigenvalue weighted by Crippen LogP contribution is 2.39. The summed E-state index contributed by atoms with van der Waals surface area (Å²) in [4.78, 5) is 20.5. The monoisotopic (exact) mass is 546 g/mol. The number of benzene rings is 3. The number of halogens is 1. The van der Waals surface area contributed by atoms with E-state index in [9.17, 15) is 4.79 Å². The van der Waals surface area contributed by atoms with Crippen molar-refractivity contribution in [1.29, 1.82) is 0 Å². The summed E-state index contributed by atoms with van der Waals surface area (Å²) in [5, 5.41) is 0.675. The second kappa shape index (κ2) is 11.8. The first-order valence-corrected chi connectivity index (χ1v) is 12.5. The summed E-state index contributed by atoms with van der Waals surface area (Å²) in [6.45, 7) is 1.07. The molecule has 1 heterocycles. The van der Waals surface area contributed by atoms with E-state index >= 15 is 0 Å². The molecule has 1 amide bonds. The van der Waals surface area contributed by atoms with Crippen LogP contribution in [-0.4, -0.2) is 29.7 Å². The normalized spacial score (nSPS) is 15.5. The van der Waals surface area contributed by atoms with Gasteiger partial charge in [0.05, 0.1) is 29.6 Å². The van der Waals surface area contributed by atoms with Crippen LogP contribution in [-0.2, 0) is 17.9 Å². The molecule has 5 nitrogen and oxygen atoms in total. The van der Waals surface area contributed by atoms with Gasteiger partial charge in [0, 0.05) is 0 Å². The Bertz CT molecular complexity index is 1300. The Morgan fingerprint density at radius 1 is 1.09 bits per heavy atom. The summed E-state index contributed by atoms with van der Waals surface area (Å²) in [7, 11) is 1.56. The molecule has 0 aromatic heterocycles. The third kappa shape index (κ3) is 6.16. The smallest absolute Gasteiger partial charge is 0.267 e. The van der Waals surface area contributed by atoms with Crippen LogP contribution in [0.1, 0.15) is 16.7 Å². The van der Waals surface area contributed by atoms with Gasteiger partial charge in [0.25, 0.3) is 5.91 Å². The summed E-state index contributed by atoms with van der Waals surface area (Å²) >= 11 is 4.89. The molecule has 0 radical (unpaired) electrons. The third-order valence-corrected chi connectivity index (χ3v) is 6.79. The number of rotatable bonds is 8. The average Bonchev–Trinajstić information content (AvgIpc) is 3.17. The molecular formula is C28H23BrN2O3S. The van der Waals surface area contributed by atoms with E-state index in [2.05, 4.69) is 21.9 Å². The maximum Gasteiger partial charge on any atom is 0.267 e. The zero-order chi connectivity index (χ0) is 24.6. The van der Waals surface area contributed by atoms with Gasteiger partial charge in [-0.15, -0.1) is 6.42 Å². The fourth-order valence-electron chi connectivity index (χ4n) is 3.50. The lowest BCUT2D eigenvalue weighted by Gasteiger charge is -2.15. The quantitative estimate of drug-likeness (QED) is 0.251. The van der Waals surface area contributed by atoms with Gasteiger partial charge < -0.3 is 9.47 Å². The number of methoxy groups -OCH3 is 1. The Morgan fingerprint density at radius 3 is 2.43 bits per heavy atom. The molecule has 0 saturated carbocycles. The molecule has 0 N–H and O–H groups in total. The zero-order valence-corrected chi connectivity index (χ0v) is 21.5. The van der Waals surface area contributed by atoms with E-state index in [0.717, 1.165) is 16.7 Å². The largest absolute Gasteiger partial charge is 0.493 e. The number of hydrogen-bond donors (Lipinski definition) is 0. The molecule has 1 saturated heterocycles. The van der Waals surface area contributed by atoms with E-state index < -0.39 is 0 Å². The number of carbonyl (C=O) groups is 1. The molecule has 35 heavy (non-hydrogen) atoms. The third-order valence-electron chi connectivity index (χ3n) is 5.16. The molecule has 0 aliphatic carbocycles. The van der Waals surface area contributed by atoms with Crippen LogP contribution in [0.5, 0.6) is 11.5 Å². The number of ether oxygens (including phenoxy) is 2. The van der Waals surface area contributed by atoms with E-state index in [1.54, 1.807) is 12.0 Å². The van der Waals surface area contributed by atoms with Crippen molar-refractivity contribution in [2.45, 2.75) is 13.1 Å².